The molecule has 3 saturated heterocycles. The molecular formula is C41H71N3O8. The zero-order valence-electron chi connectivity index (χ0n) is 33.2. The smallest absolute Gasteiger partial charge is 0.308 e. The number of aliphatic hydroxyl groups is 3. The van der Waals surface area contributed by atoms with Crippen LogP contribution in [-0.2, 0) is 23.8 Å². The zero-order valence-corrected chi connectivity index (χ0v) is 33.2. The molecule has 4 heterocycles. The average molecular weight is 734 g/mol. The lowest BCUT2D eigenvalue weighted by Gasteiger charge is -2.47. The van der Waals surface area contributed by atoms with Gasteiger partial charge in [-0.1, -0.05) is 51.3 Å². The first kappa shape index (κ1) is 43.0. The van der Waals surface area contributed by atoms with E-state index in [1.807, 2.05) is 33.8 Å². The van der Waals surface area contributed by atoms with E-state index in [2.05, 4.69) is 15.9 Å². The van der Waals surface area contributed by atoms with Crippen LogP contribution >= 0.6 is 0 Å². The Morgan fingerprint density at radius 2 is 1.54 bits per heavy atom. The number of cyclic esters (lactones) is 1. The molecule has 0 bridgehead atoms. The van der Waals surface area contributed by atoms with Crippen molar-refractivity contribution in [1.82, 2.24) is 14.7 Å². The number of ketones is 1. The molecule has 4 aliphatic rings. The first-order valence-corrected chi connectivity index (χ1v) is 20.3. The Bertz CT molecular complexity index is 1170. The van der Waals surface area contributed by atoms with Gasteiger partial charge in [0.1, 0.15) is 12.2 Å². The molecule has 0 aliphatic carbocycles. The summed E-state index contributed by atoms with van der Waals surface area (Å²) in [7, 11) is 3.60. The summed E-state index contributed by atoms with van der Waals surface area (Å²) in [6, 6.07) is -0.632. The van der Waals surface area contributed by atoms with Gasteiger partial charge < -0.3 is 44.2 Å². The Morgan fingerprint density at radius 1 is 0.904 bits per heavy atom. The van der Waals surface area contributed by atoms with Gasteiger partial charge in [0.05, 0.1) is 36.9 Å². The third kappa shape index (κ3) is 12.2. The molecule has 0 aromatic carbocycles. The van der Waals surface area contributed by atoms with Crippen LogP contribution < -0.4 is 0 Å². The lowest BCUT2D eigenvalue weighted by molar-refractivity contribution is -0.304. The maximum absolute atomic E-state index is 13.8. The minimum absolute atomic E-state index is 0.0270. The molecule has 0 aromatic rings. The van der Waals surface area contributed by atoms with E-state index in [0.29, 0.717) is 19.3 Å². The molecule has 1 unspecified atom stereocenters. The van der Waals surface area contributed by atoms with Gasteiger partial charge >= 0.3 is 5.97 Å². The molecule has 0 aromatic heterocycles. The third-order valence-electron chi connectivity index (χ3n) is 12.1. The van der Waals surface area contributed by atoms with Crippen molar-refractivity contribution in [3.63, 3.8) is 0 Å². The summed E-state index contributed by atoms with van der Waals surface area (Å²) in [5, 5.41) is 34.2. The summed E-state index contributed by atoms with van der Waals surface area (Å²) >= 11 is 0. The number of nitrogens with zero attached hydrogens (tertiary/aromatic N) is 3. The summed E-state index contributed by atoms with van der Waals surface area (Å²) in [5.41, 5.74) is 0.954. The van der Waals surface area contributed by atoms with E-state index in [0.717, 1.165) is 70.5 Å². The van der Waals surface area contributed by atoms with Gasteiger partial charge in [0.15, 0.2) is 12.1 Å². The molecule has 11 heteroatoms. The van der Waals surface area contributed by atoms with Crippen LogP contribution in [0.25, 0.3) is 0 Å². The van der Waals surface area contributed by atoms with E-state index in [1.165, 1.54) is 12.8 Å². The molecule has 12 atom stereocenters. The summed E-state index contributed by atoms with van der Waals surface area (Å²) < 4.78 is 19.1. The van der Waals surface area contributed by atoms with Crippen LogP contribution in [0.3, 0.4) is 0 Å². The minimum atomic E-state index is -1.17. The van der Waals surface area contributed by atoms with Crippen molar-refractivity contribution in [2.75, 3.05) is 53.4 Å². The number of carbonyl (C=O) groups is 2. The minimum Gasteiger partial charge on any atom is -0.462 e. The van der Waals surface area contributed by atoms with Crippen molar-refractivity contribution in [3.05, 3.63) is 23.8 Å². The first-order valence-electron chi connectivity index (χ1n) is 20.3. The fraction of sp³-hybridized carbons (Fsp3) is 0.854. The lowest BCUT2D eigenvalue weighted by atomic mass is 9.79. The van der Waals surface area contributed by atoms with Crippen LogP contribution in [0, 0.1) is 23.7 Å². The second-order valence-corrected chi connectivity index (χ2v) is 16.6. The van der Waals surface area contributed by atoms with E-state index < -0.39 is 54.7 Å². The second kappa shape index (κ2) is 20.8. The maximum atomic E-state index is 13.8. The van der Waals surface area contributed by atoms with E-state index >= 15 is 0 Å². The van der Waals surface area contributed by atoms with Crippen molar-refractivity contribution in [1.29, 1.82) is 0 Å². The molecule has 52 heavy (non-hydrogen) atoms. The Kier molecular flexibility index (Phi) is 17.2. The van der Waals surface area contributed by atoms with Gasteiger partial charge in [-0.3, -0.25) is 9.59 Å². The van der Waals surface area contributed by atoms with E-state index in [-0.39, 0.29) is 36.1 Å². The normalized spacial score (nSPS) is 40.2. The van der Waals surface area contributed by atoms with Crippen molar-refractivity contribution in [2.45, 2.75) is 148 Å². The van der Waals surface area contributed by atoms with Crippen molar-refractivity contribution >= 4 is 11.8 Å². The van der Waals surface area contributed by atoms with E-state index in [4.69, 9.17) is 14.2 Å². The summed E-state index contributed by atoms with van der Waals surface area (Å²) in [5.74, 6) is -1.58. The number of allylic oxidation sites excluding steroid dienone is 3. The van der Waals surface area contributed by atoms with Crippen molar-refractivity contribution in [2.24, 2.45) is 23.7 Å². The predicted molar refractivity (Wildman–Crippen MR) is 203 cm³/mol. The quantitative estimate of drug-likeness (QED) is 0.295. The molecule has 0 amide bonds. The number of rotatable bonds is 9. The van der Waals surface area contributed by atoms with Crippen LogP contribution in [0.5, 0.6) is 0 Å². The van der Waals surface area contributed by atoms with Gasteiger partial charge in [-0.05, 0) is 118 Å². The van der Waals surface area contributed by atoms with Crippen LogP contribution in [0.1, 0.15) is 98.8 Å². The molecule has 4 aliphatic heterocycles. The summed E-state index contributed by atoms with van der Waals surface area (Å²) in [4.78, 5) is 34.1. The van der Waals surface area contributed by atoms with Gasteiger partial charge in [0, 0.05) is 24.3 Å². The molecule has 0 saturated carbocycles. The fourth-order valence-electron chi connectivity index (χ4n) is 8.83. The highest BCUT2D eigenvalue weighted by molar-refractivity contribution is 5.91. The molecule has 3 fully saturated rings. The number of hydrogen-bond donors (Lipinski definition) is 3. The fourth-order valence-corrected chi connectivity index (χ4v) is 8.83. The van der Waals surface area contributed by atoms with Crippen LogP contribution in [0.15, 0.2) is 23.8 Å². The number of piperidine rings is 2. The summed E-state index contributed by atoms with van der Waals surface area (Å²) in [6.45, 7) is 15.3. The topological polar surface area (TPSA) is 132 Å². The van der Waals surface area contributed by atoms with Crippen molar-refractivity contribution in [3.8, 4) is 0 Å². The number of likely N-dealkylation sites (N-methyl/N-ethyl adjacent to an activating group) is 1. The standard InChI is InChI=1S/C41H71N3O8/c1-8-35-32(26-44-20-13-10-14-21-44)23-27(2)15-16-33(45)28(3)24-31(17-22-43-18-11-9-12-19-43)40(29(4)34(46)25-36(47)51-35)52-41-39(49)37(42(6)7)38(48)30(5)50-41/h15-16,23,28-32,34-35,37-41,46,48-49H,8-14,17-22,24-26H2,1-7H3/b16-15+,27-23+/t28-,29+,30-,31+,32-,34?,35-,37+,38-,39-,40-,41+/m1/s1. The monoisotopic (exact) mass is 734 g/mol. The Hall–Kier alpha value is -1.70. The van der Waals surface area contributed by atoms with Crippen LogP contribution in [-0.4, -0.2) is 144 Å². The van der Waals surface area contributed by atoms with Gasteiger partial charge in [0.25, 0.3) is 0 Å². The molecule has 11 nitrogen and oxygen atoms in total. The van der Waals surface area contributed by atoms with Crippen LogP contribution in [0.4, 0.5) is 0 Å². The zero-order chi connectivity index (χ0) is 37.9. The molecule has 298 valence electrons. The van der Waals surface area contributed by atoms with E-state index in [1.54, 1.807) is 32.0 Å². The number of aliphatic hydroxyl groups excluding tert-OH is 3. The largest absolute Gasteiger partial charge is 0.462 e. The third-order valence-corrected chi connectivity index (χ3v) is 12.1. The van der Waals surface area contributed by atoms with Gasteiger partial charge in [0.2, 0.25) is 0 Å². The number of esters is 1. The van der Waals surface area contributed by atoms with Gasteiger partial charge in [-0.2, -0.15) is 0 Å². The molecule has 0 spiro atoms. The molecular weight excluding hydrogens is 662 g/mol. The first-order chi connectivity index (χ1) is 24.8. The average Bonchev–Trinajstić information content (AvgIpc) is 3.12. The highest BCUT2D eigenvalue weighted by Gasteiger charge is 2.47. The maximum Gasteiger partial charge on any atom is 0.308 e. The number of hydrogen-bond acceptors (Lipinski definition) is 11. The lowest BCUT2D eigenvalue weighted by Crippen LogP contribution is -2.63. The predicted octanol–water partition coefficient (Wildman–Crippen LogP) is 4.18. The Morgan fingerprint density at radius 3 is 2.15 bits per heavy atom. The number of likely N-dealkylation sites (tertiary alicyclic amines) is 2. The highest BCUT2D eigenvalue weighted by atomic mass is 16.7. The summed E-state index contributed by atoms with van der Waals surface area (Å²) in [6.07, 6.45) is 8.49. The second-order valence-electron chi connectivity index (χ2n) is 16.6. The van der Waals surface area contributed by atoms with Crippen molar-refractivity contribution < 1.29 is 39.1 Å². The van der Waals surface area contributed by atoms with Gasteiger partial charge in [-0.15, -0.1) is 0 Å². The number of ether oxygens (including phenoxy) is 3. The highest BCUT2D eigenvalue weighted by Crippen LogP contribution is 2.35. The van der Waals surface area contributed by atoms with Crippen LogP contribution in [0.2, 0.25) is 0 Å². The molecule has 3 N–H and O–H groups in total. The SMILES string of the molecule is CC[C@H]1OC(=O)CC(O)[C@H](C)[C@@H](O[C@@H]2O[C@H](C)[C@@H](O)[C@H](N(C)C)[C@H]2O)[C@@H](CCN2CCCCC2)C[C@@H](C)C(=O)/C=C/C(C)=C/[C@@H]1CN1CCCCC1. The van der Waals surface area contributed by atoms with Gasteiger partial charge in [-0.25, -0.2) is 0 Å². The molecule has 0 radical (unpaired) electrons. The Labute approximate surface area is 313 Å². The Balaban J connectivity index is 1.68. The molecule has 4 rings (SSSR count). The number of carbonyl (C=O) groups excluding carboxylic acids is 2. The van der Waals surface area contributed by atoms with E-state index in [9.17, 15) is 24.9 Å².